The van der Waals surface area contributed by atoms with Gasteiger partial charge in [-0.15, -0.1) is 5.10 Å². The largest absolute Gasteiger partial charge is 0.496 e. The summed E-state index contributed by atoms with van der Waals surface area (Å²) in [5.41, 5.74) is 0.893. The third-order valence-electron chi connectivity index (χ3n) is 4.66. The van der Waals surface area contributed by atoms with Crippen molar-refractivity contribution in [2.24, 2.45) is 0 Å². The van der Waals surface area contributed by atoms with Crippen LogP contribution in [0.5, 0.6) is 10.9 Å². The highest BCUT2D eigenvalue weighted by atomic mass is 35.5. The van der Waals surface area contributed by atoms with E-state index in [2.05, 4.69) is 20.5 Å². The number of ether oxygens (including phenoxy) is 2. The summed E-state index contributed by atoms with van der Waals surface area (Å²) < 4.78 is 49.6. The zero-order chi connectivity index (χ0) is 25.0. The molecule has 1 aromatic carbocycles. The number of anilines is 1. The van der Waals surface area contributed by atoms with Gasteiger partial charge in [-0.2, -0.15) is 0 Å². The summed E-state index contributed by atoms with van der Waals surface area (Å²) >= 11 is 6.92. The number of rotatable bonds is 9. The van der Waals surface area contributed by atoms with Crippen molar-refractivity contribution in [2.75, 3.05) is 38.9 Å². The smallest absolute Gasteiger partial charge is 0.295 e. The molecule has 0 atom stereocenters. The molecule has 0 aliphatic carbocycles. The lowest BCUT2D eigenvalue weighted by molar-refractivity contribution is 0.102. The molecule has 182 valence electrons. The van der Waals surface area contributed by atoms with Crippen molar-refractivity contribution in [3.8, 4) is 22.1 Å². The van der Waals surface area contributed by atoms with Gasteiger partial charge in [0.05, 0.1) is 29.5 Å². The molecule has 0 bridgehead atoms. The summed E-state index contributed by atoms with van der Waals surface area (Å²) in [6.45, 7) is 1.87. The van der Waals surface area contributed by atoms with E-state index in [1.165, 1.54) is 32.5 Å². The van der Waals surface area contributed by atoms with Crippen LogP contribution in [0.3, 0.4) is 0 Å². The Morgan fingerprint density at radius 1 is 1.32 bits per heavy atom. The maximum absolute atomic E-state index is 14.9. The quantitative estimate of drug-likeness (QED) is 0.448. The maximum Gasteiger partial charge on any atom is 0.295 e. The second-order valence-electron chi connectivity index (χ2n) is 7.07. The molecule has 2 heterocycles. The van der Waals surface area contributed by atoms with Crippen LogP contribution in [0.15, 0.2) is 24.4 Å². The lowest BCUT2D eigenvalue weighted by Crippen LogP contribution is -2.29. The summed E-state index contributed by atoms with van der Waals surface area (Å²) in [7, 11) is -0.514. The molecule has 3 rings (SSSR count). The van der Waals surface area contributed by atoms with Crippen molar-refractivity contribution in [1.82, 2.24) is 19.5 Å². The van der Waals surface area contributed by atoms with Gasteiger partial charge < -0.3 is 9.47 Å². The number of halogens is 2. The molecule has 1 N–H and O–H groups in total. The molecular weight excluding hydrogens is 509 g/mol. The predicted octanol–water partition coefficient (Wildman–Crippen LogP) is 3.23. The Morgan fingerprint density at radius 2 is 2.06 bits per heavy atom. The van der Waals surface area contributed by atoms with Crippen LogP contribution in [0.1, 0.15) is 16.1 Å². The number of carbonyl (C=O) groups is 1. The molecule has 0 spiro atoms. The molecule has 0 unspecified atom stereocenters. The van der Waals surface area contributed by atoms with E-state index in [0.29, 0.717) is 5.69 Å². The number of pyridine rings is 1. The highest BCUT2D eigenvalue weighted by molar-refractivity contribution is 7.88. The zero-order valence-electron chi connectivity index (χ0n) is 18.6. The number of carbonyl (C=O) groups excluding carboxylic acids is 1. The Bertz CT molecular complexity index is 1320. The second-order valence-corrected chi connectivity index (χ2v) is 10.5. The van der Waals surface area contributed by atoms with E-state index >= 15 is 0 Å². The molecule has 14 heteroatoms. The number of hydrogen-bond acceptors (Lipinski definition) is 9. The van der Waals surface area contributed by atoms with Crippen LogP contribution < -0.4 is 14.8 Å². The first-order valence-corrected chi connectivity index (χ1v) is 12.7. The Labute approximate surface area is 204 Å². The van der Waals surface area contributed by atoms with E-state index in [1.54, 1.807) is 13.0 Å². The van der Waals surface area contributed by atoms with E-state index in [0.717, 1.165) is 21.9 Å². The van der Waals surface area contributed by atoms with Gasteiger partial charge in [-0.25, -0.2) is 17.1 Å². The molecule has 0 aliphatic rings. The van der Waals surface area contributed by atoms with Crippen LogP contribution in [0.2, 0.25) is 5.02 Å². The number of likely N-dealkylation sites (N-methyl/N-ethyl adjacent to an activating group) is 1. The van der Waals surface area contributed by atoms with Crippen LogP contribution in [0, 0.1) is 12.7 Å². The first-order valence-electron chi connectivity index (χ1n) is 9.69. The number of sulfonamides is 1. The number of nitrogens with zero attached hydrogens (tertiary/aromatic N) is 4. The monoisotopic (exact) mass is 529 g/mol. The van der Waals surface area contributed by atoms with Crippen molar-refractivity contribution in [3.63, 3.8) is 0 Å². The summed E-state index contributed by atoms with van der Waals surface area (Å²) in [5.74, 6) is -1.14. The summed E-state index contributed by atoms with van der Waals surface area (Å²) in [5, 5.41) is 10.4. The first-order chi connectivity index (χ1) is 16.0. The Morgan fingerprint density at radius 3 is 2.74 bits per heavy atom. The van der Waals surface area contributed by atoms with Gasteiger partial charge in [-0.05, 0) is 36.5 Å². The van der Waals surface area contributed by atoms with Gasteiger partial charge in [-0.3, -0.25) is 15.1 Å². The fraction of sp³-hybridized carbons (Fsp3) is 0.300. The number of benzene rings is 1. The maximum atomic E-state index is 14.9. The van der Waals surface area contributed by atoms with E-state index in [9.17, 15) is 17.6 Å². The third kappa shape index (κ3) is 5.97. The molecule has 2 aromatic heterocycles. The van der Waals surface area contributed by atoms with E-state index in [4.69, 9.17) is 21.1 Å². The average Bonchev–Trinajstić information content (AvgIpc) is 3.21. The number of aromatic nitrogens is 3. The molecular formula is C20H21ClFN5O5S2. The van der Waals surface area contributed by atoms with E-state index < -0.39 is 21.7 Å². The SMILES string of the molecule is COc1ccc(Cl)c(F)c1-c1cc(C)ncc1C(=O)Nc1nnc(OCCN(C)S(C)(=O)=O)s1. The van der Waals surface area contributed by atoms with E-state index in [-0.39, 0.29) is 50.9 Å². The normalized spacial score (nSPS) is 11.5. The number of amides is 1. The van der Waals surface area contributed by atoms with Crippen LogP contribution in [0.25, 0.3) is 11.1 Å². The van der Waals surface area contributed by atoms with Crippen LogP contribution in [-0.4, -0.2) is 67.4 Å². The lowest BCUT2D eigenvalue weighted by atomic mass is 9.98. The zero-order valence-corrected chi connectivity index (χ0v) is 21.0. The highest BCUT2D eigenvalue weighted by Gasteiger charge is 2.23. The standard InChI is InChI=1S/C20H21ClFN5O5S2/c1-11-9-12(16-15(31-3)6-5-14(21)17(16)22)13(10-23-11)18(28)24-19-25-26-20(33-19)32-8-7-27(2)34(4,29)30/h5-6,9-10H,7-8H2,1-4H3,(H,24,25,28). The fourth-order valence-electron chi connectivity index (χ4n) is 2.81. The number of methoxy groups -OCH3 is 1. The van der Waals surface area contributed by atoms with Gasteiger partial charge in [0, 0.05) is 31.0 Å². The molecule has 10 nitrogen and oxygen atoms in total. The third-order valence-corrected chi connectivity index (χ3v) is 7.01. The Kier molecular flexibility index (Phi) is 8.02. The number of aryl methyl sites for hydroxylation is 1. The number of nitrogens with one attached hydrogen (secondary N) is 1. The Hall–Kier alpha value is -2.87. The van der Waals surface area contributed by atoms with Gasteiger partial charge in [-0.1, -0.05) is 16.7 Å². The van der Waals surface area contributed by atoms with Crippen LogP contribution in [0.4, 0.5) is 9.52 Å². The minimum Gasteiger partial charge on any atom is -0.496 e. The fourth-order valence-corrected chi connectivity index (χ4v) is 3.99. The summed E-state index contributed by atoms with van der Waals surface area (Å²) in [6, 6.07) is 4.43. The van der Waals surface area contributed by atoms with Gasteiger partial charge >= 0.3 is 0 Å². The minimum absolute atomic E-state index is 0.0296. The minimum atomic E-state index is -3.33. The average molecular weight is 530 g/mol. The van der Waals surface area contributed by atoms with E-state index in [1.807, 2.05) is 0 Å². The molecule has 0 fully saturated rings. The van der Waals surface area contributed by atoms with Gasteiger partial charge in [0.15, 0.2) is 5.82 Å². The van der Waals surface area contributed by atoms with Crippen molar-refractivity contribution in [2.45, 2.75) is 6.92 Å². The summed E-state index contributed by atoms with van der Waals surface area (Å²) in [4.78, 5) is 17.2. The molecule has 3 aromatic rings. The van der Waals surface area contributed by atoms with Crippen molar-refractivity contribution in [1.29, 1.82) is 0 Å². The molecule has 1 amide bonds. The van der Waals surface area contributed by atoms with Crippen molar-refractivity contribution >= 4 is 44.0 Å². The molecule has 34 heavy (non-hydrogen) atoms. The molecule has 0 saturated carbocycles. The topological polar surface area (TPSA) is 124 Å². The van der Waals surface area contributed by atoms with Gasteiger partial charge in [0.25, 0.3) is 11.1 Å². The second kappa shape index (κ2) is 10.6. The van der Waals surface area contributed by atoms with Crippen molar-refractivity contribution in [3.05, 3.63) is 46.5 Å². The first kappa shape index (κ1) is 25.7. The van der Waals surface area contributed by atoms with Crippen molar-refractivity contribution < 1.29 is 27.1 Å². The molecule has 0 aliphatic heterocycles. The number of hydrogen-bond donors (Lipinski definition) is 1. The van der Waals surface area contributed by atoms with Crippen LogP contribution >= 0.6 is 22.9 Å². The Balaban J connectivity index is 1.81. The van der Waals surface area contributed by atoms with Gasteiger partial charge in [0.1, 0.15) is 12.4 Å². The van der Waals surface area contributed by atoms with Crippen LogP contribution in [-0.2, 0) is 10.0 Å². The molecule has 0 saturated heterocycles. The van der Waals surface area contributed by atoms with Gasteiger partial charge in [0.2, 0.25) is 15.2 Å². The predicted molar refractivity (Wildman–Crippen MR) is 127 cm³/mol. The molecule has 0 radical (unpaired) electrons. The highest BCUT2D eigenvalue weighted by Crippen LogP contribution is 2.38. The summed E-state index contributed by atoms with van der Waals surface area (Å²) in [6.07, 6.45) is 2.41. The lowest BCUT2D eigenvalue weighted by Gasteiger charge is -2.14.